The molecule has 2 rings (SSSR count). The van der Waals surface area contributed by atoms with Crippen molar-refractivity contribution in [2.24, 2.45) is 0 Å². The second-order valence-electron chi connectivity index (χ2n) is 5.06. The lowest BCUT2D eigenvalue weighted by Gasteiger charge is -2.08. The molecule has 1 N–H and O–H groups in total. The Morgan fingerprint density at radius 2 is 1.86 bits per heavy atom. The van der Waals surface area contributed by atoms with Crippen molar-refractivity contribution in [1.82, 2.24) is 0 Å². The van der Waals surface area contributed by atoms with Crippen LogP contribution in [0.5, 0.6) is 5.75 Å². The van der Waals surface area contributed by atoms with Crippen molar-refractivity contribution in [3.8, 4) is 5.75 Å². The molecule has 0 fully saturated rings. The maximum absolute atomic E-state index is 12.0. The Labute approximate surface area is 136 Å². The highest BCUT2D eigenvalue weighted by molar-refractivity contribution is 8.00. The molecule has 1 amide bonds. The van der Waals surface area contributed by atoms with Gasteiger partial charge in [0.1, 0.15) is 5.75 Å². The highest BCUT2D eigenvalue weighted by Crippen LogP contribution is 2.23. The third-order valence-corrected chi connectivity index (χ3v) is 4.31. The number of benzene rings is 2. The number of carbonyl (C=O) groups is 1. The van der Waals surface area contributed by atoms with Crippen molar-refractivity contribution in [3.05, 3.63) is 53.6 Å². The van der Waals surface area contributed by atoms with Gasteiger partial charge >= 0.3 is 0 Å². The molecule has 2 aromatic carbocycles. The Hall–Kier alpha value is -1.94. The van der Waals surface area contributed by atoms with E-state index in [9.17, 15) is 4.79 Å². The maximum atomic E-state index is 12.0. The SMILES string of the molecule is CCOc1ccc(NC(=O)CSc2ccc(C)cc2C)cc1. The highest BCUT2D eigenvalue weighted by Gasteiger charge is 2.06. The van der Waals surface area contributed by atoms with Crippen LogP contribution in [0.1, 0.15) is 18.1 Å². The first-order valence-corrected chi connectivity index (χ1v) is 8.30. The summed E-state index contributed by atoms with van der Waals surface area (Å²) in [5.41, 5.74) is 3.23. The van der Waals surface area contributed by atoms with Crippen LogP contribution in [0.3, 0.4) is 0 Å². The van der Waals surface area contributed by atoms with Crippen LogP contribution in [0.2, 0.25) is 0 Å². The molecule has 0 unspecified atom stereocenters. The van der Waals surface area contributed by atoms with Gasteiger partial charge in [0.25, 0.3) is 0 Å². The van der Waals surface area contributed by atoms with Crippen molar-refractivity contribution in [1.29, 1.82) is 0 Å². The molecule has 0 aliphatic carbocycles. The van der Waals surface area contributed by atoms with Gasteiger partial charge in [-0.2, -0.15) is 0 Å². The molecule has 116 valence electrons. The third-order valence-electron chi connectivity index (χ3n) is 3.14. The van der Waals surface area contributed by atoms with Crippen LogP contribution in [0, 0.1) is 13.8 Å². The van der Waals surface area contributed by atoms with Crippen molar-refractivity contribution in [2.75, 3.05) is 17.7 Å². The molecule has 0 bridgehead atoms. The molecule has 0 atom stereocenters. The molecular formula is C18H21NO2S. The monoisotopic (exact) mass is 315 g/mol. The van der Waals surface area contributed by atoms with Gasteiger partial charge in [-0.25, -0.2) is 0 Å². The molecule has 2 aromatic rings. The van der Waals surface area contributed by atoms with Crippen LogP contribution in [-0.4, -0.2) is 18.3 Å². The van der Waals surface area contributed by atoms with Crippen LogP contribution in [0.25, 0.3) is 0 Å². The third kappa shape index (κ3) is 4.81. The van der Waals surface area contributed by atoms with Gasteiger partial charge in [0, 0.05) is 10.6 Å². The molecule has 0 aromatic heterocycles. The van der Waals surface area contributed by atoms with E-state index in [2.05, 4.69) is 37.4 Å². The van der Waals surface area contributed by atoms with E-state index in [1.807, 2.05) is 31.2 Å². The average Bonchev–Trinajstić information content (AvgIpc) is 2.49. The summed E-state index contributed by atoms with van der Waals surface area (Å²) in [4.78, 5) is 13.2. The Bertz CT molecular complexity index is 638. The van der Waals surface area contributed by atoms with E-state index in [-0.39, 0.29) is 5.91 Å². The topological polar surface area (TPSA) is 38.3 Å². The fourth-order valence-corrected chi connectivity index (χ4v) is 2.91. The molecule has 0 saturated heterocycles. The maximum Gasteiger partial charge on any atom is 0.234 e. The first-order valence-electron chi connectivity index (χ1n) is 7.31. The normalized spacial score (nSPS) is 10.3. The van der Waals surface area contributed by atoms with Gasteiger partial charge in [-0.1, -0.05) is 17.7 Å². The van der Waals surface area contributed by atoms with E-state index in [1.54, 1.807) is 11.8 Å². The van der Waals surface area contributed by atoms with E-state index in [0.717, 1.165) is 16.3 Å². The number of nitrogens with one attached hydrogen (secondary N) is 1. The lowest BCUT2D eigenvalue weighted by Crippen LogP contribution is -2.14. The summed E-state index contributed by atoms with van der Waals surface area (Å²) in [5, 5.41) is 2.90. The zero-order valence-electron chi connectivity index (χ0n) is 13.2. The first-order chi connectivity index (χ1) is 10.6. The number of anilines is 1. The van der Waals surface area contributed by atoms with Crippen LogP contribution in [0.4, 0.5) is 5.69 Å². The van der Waals surface area contributed by atoms with Crippen LogP contribution >= 0.6 is 11.8 Å². The van der Waals surface area contributed by atoms with E-state index >= 15 is 0 Å². The fraction of sp³-hybridized carbons (Fsp3) is 0.278. The predicted molar refractivity (Wildman–Crippen MR) is 92.9 cm³/mol. The molecule has 0 saturated carbocycles. The molecule has 0 radical (unpaired) electrons. The molecule has 0 spiro atoms. The summed E-state index contributed by atoms with van der Waals surface area (Å²) in [6.45, 7) is 6.72. The Kier molecular flexibility index (Phi) is 5.90. The minimum atomic E-state index is -0.00543. The smallest absolute Gasteiger partial charge is 0.234 e. The van der Waals surface area contributed by atoms with Gasteiger partial charge < -0.3 is 10.1 Å². The zero-order valence-corrected chi connectivity index (χ0v) is 14.0. The van der Waals surface area contributed by atoms with E-state index in [1.165, 1.54) is 11.1 Å². The van der Waals surface area contributed by atoms with Crippen molar-refractivity contribution in [2.45, 2.75) is 25.7 Å². The number of hydrogen-bond donors (Lipinski definition) is 1. The largest absolute Gasteiger partial charge is 0.494 e. The Morgan fingerprint density at radius 3 is 2.50 bits per heavy atom. The van der Waals surface area contributed by atoms with E-state index in [4.69, 9.17) is 4.74 Å². The predicted octanol–water partition coefficient (Wildman–Crippen LogP) is 4.43. The summed E-state index contributed by atoms with van der Waals surface area (Å²) in [5.74, 6) is 1.20. The number of hydrogen-bond acceptors (Lipinski definition) is 3. The molecule has 0 aliphatic rings. The van der Waals surface area contributed by atoms with Gasteiger partial charge in [-0.05, 0) is 56.7 Å². The molecular weight excluding hydrogens is 294 g/mol. The number of thioether (sulfide) groups is 1. The average molecular weight is 315 g/mol. The number of ether oxygens (including phenoxy) is 1. The van der Waals surface area contributed by atoms with Crippen LogP contribution in [0.15, 0.2) is 47.4 Å². The van der Waals surface area contributed by atoms with Crippen LogP contribution in [-0.2, 0) is 4.79 Å². The van der Waals surface area contributed by atoms with Gasteiger partial charge in [-0.3, -0.25) is 4.79 Å². The number of aryl methyl sites for hydroxylation is 2. The summed E-state index contributed by atoms with van der Waals surface area (Å²) in [7, 11) is 0. The van der Waals surface area contributed by atoms with Gasteiger partial charge in [0.2, 0.25) is 5.91 Å². The summed E-state index contributed by atoms with van der Waals surface area (Å²) < 4.78 is 5.38. The quantitative estimate of drug-likeness (QED) is 0.801. The second kappa shape index (κ2) is 7.90. The standard InChI is InChI=1S/C18H21NO2S/c1-4-21-16-8-6-15(7-9-16)19-18(20)12-22-17-10-5-13(2)11-14(17)3/h5-11H,4,12H2,1-3H3,(H,19,20). The Morgan fingerprint density at radius 1 is 1.14 bits per heavy atom. The van der Waals surface area contributed by atoms with Gasteiger partial charge in [0.15, 0.2) is 0 Å². The number of carbonyl (C=O) groups excluding carboxylic acids is 1. The lowest BCUT2D eigenvalue weighted by atomic mass is 10.2. The minimum absolute atomic E-state index is 0.00543. The Balaban J connectivity index is 1.87. The van der Waals surface area contributed by atoms with Crippen molar-refractivity contribution >= 4 is 23.4 Å². The molecule has 22 heavy (non-hydrogen) atoms. The van der Waals surface area contributed by atoms with Crippen molar-refractivity contribution in [3.63, 3.8) is 0 Å². The summed E-state index contributed by atoms with van der Waals surface area (Å²) in [6.07, 6.45) is 0. The van der Waals surface area contributed by atoms with Crippen LogP contribution < -0.4 is 10.1 Å². The highest BCUT2D eigenvalue weighted by atomic mass is 32.2. The zero-order chi connectivity index (χ0) is 15.9. The van der Waals surface area contributed by atoms with Gasteiger partial charge in [0.05, 0.1) is 12.4 Å². The lowest BCUT2D eigenvalue weighted by molar-refractivity contribution is -0.113. The molecule has 0 heterocycles. The summed E-state index contributed by atoms with van der Waals surface area (Å²) >= 11 is 1.56. The van der Waals surface area contributed by atoms with E-state index in [0.29, 0.717) is 12.4 Å². The molecule has 0 aliphatic heterocycles. The minimum Gasteiger partial charge on any atom is -0.494 e. The number of rotatable bonds is 6. The second-order valence-corrected chi connectivity index (χ2v) is 6.08. The summed E-state index contributed by atoms with van der Waals surface area (Å²) in [6, 6.07) is 13.7. The van der Waals surface area contributed by atoms with Gasteiger partial charge in [-0.15, -0.1) is 11.8 Å². The number of amides is 1. The molecule has 3 nitrogen and oxygen atoms in total. The van der Waals surface area contributed by atoms with E-state index < -0.39 is 0 Å². The first kappa shape index (κ1) is 16.4. The fourth-order valence-electron chi connectivity index (χ4n) is 2.10. The molecule has 4 heteroatoms. The van der Waals surface area contributed by atoms with Crippen molar-refractivity contribution < 1.29 is 9.53 Å².